The number of H-pyrrole nitrogens is 1. The highest BCUT2D eigenvalue weighted by atomic mass is 19.1. The van der Waals surface area contributed by atoms with Crippen molar-refractivity contribution >= 4 is 27.8 Å². The predicted octanol–water partition coefficient (Wildman–Crippen LogP) is 5.96. The number of nitrogens with zero attached hydrogens (tertiary/aromatic N) is 3. The minimum atomic E-state index is -0.623. The van der Waals surface area contributed by atoms with Crippen molar-refractivity contribution < 1.29 is 27.8 Å². The number of hydrogen-bond donors (Lipinski definition) is 3. The SMILES string of the molecule is CNC(=O)c1c(-c2ccc(F)cc2)oc2cc(-n3cc(O)[nH]c3=O)c(-c3ccc4c(n3)-c3cc5c(F)cccc5n3CO4)cc12. The van der Waals surface area contributed by atoms with Crippen LogP contribution in [0.2, 0.25) is 0 Å². The van der Waals surface area contributed by atoms with Gasteiger partial charge in [0, 0.05) is 35.0 Å². The van der Waals surface area contributed by atoms with Gasteiger partial charge in [-0.25, -0.2) is 18.6 Å². The minimum absolute atomic E-state index is 0.169. The molecular formula is C33H21F2N5O5. The Kier molecular flexibility index (Phi) is 5.69. The molecule has 0 unspecified atom stereocenters. The van der Waals surface area contributed by atoms with Gasteiger partial charge in [-0.05, 0) is 60.7 Å². The second-order valence-electron chi connectivity index (χ2n) is 10.5. The van der Waals surface area contributed by atoms with Crippen LogP contribution in [0.15, 0.2) is 88.2 Å². The fourth-order valence-corrected chi connectivity index (χ4v) is 5.87. The van der Waals surface area contributed by atoms with Crippen LogP contribution in [0, 0.1) is 11.6 Å². The van der Waals surface area contributed by atoms with E-state index in [0.29, 0.717) is 55.9 Å². The molecule has 0 bridgehead atoms. The number of benzene rings is 3. The van der Waals surface area contributed by atoms with Crippen molar-refractivity contribution in [1.29, 1.82) is 0 Å². The molecule has 1 aliphatic heterocycles. The maximum atomic E-state index is 14.7. The highest BCUT2D eigenvalue weighted by molar-refractivity contribution is 6.12. The van der Waals surface area contributed by atoms with E-state index >= 15 is 0 Å². The molecule has 0 atom stereocenters. The monoisotopic (exact) mass is 605 g/mol. The van der Waals surface area contributed by atoms with Crippen molar-refractivity contribution in [3.8, 4) is 51.3 Å². The molecule has 0 fully saturated rings. The van der Waals surface area contributed by atoms with Crippen molar-refractivity contribution in [2.24, 2.45) is 0 Å². The van der Waals surface area contributed by atoms with Gasteiger partial charge >= 0.3 is 5.69 Å². The first-order valence-corrected chi connectivity index (χ1v) is 13.8. The number of amides is 1. The Bertz CT molecular complexity index is 2400. The number of ether oxygens (including phenoxy) is 1. The van der Waals surface area contributed by atoms with E-state index in [1.807, 2.05) is 4.57 Å². The molecule has 0 spiro atoms. The molecule has 0 saturated heterocycles. The van der Waals surface area contributed by atoms with E-state index in [-0.39, 0.29) is 35.3 Å². The summed E-state index contributed by atoms with van der Waals surface area (Å²) >= 11 is 0. The standard InChI is InChI=1S/C33H21F2N5O5/c1-36-32(42)29-20-11-19(22-9-10-26-30(37-22)25-12-18-21(35)3-2-4-23(18)40(25)15-44-26)24(39-14-28(41)38-33(39)43)13-27(20)45-31(29)16-5-7-17(34)8-6-16/h2-14,41H,15H2,1H3,(H,36,42)(H,38,43). The number of halogens is 2. The first-order chi connectivity index (χ1) is 21.8. The van der Waals surface area contributed by atoms with Gasteiger partial charge in [0.2, 0.25) is 5.88 Å². The van der Waals surface area contributed by atoms with Gasteiger partial charge in [0.15, 0.2) is 6.73 Å². The summed E-state index contributed by atoms with van der Waals surface area (Å²) in [6.45, 7) is 0.169. The van der Waals surface area contributed by atoms with Gasteiger partial charge in [0.25, 0.3) is 5.91 Å². The van der Waals surface area contributed by atoms with E-state index in [0.717, 1.165) is 0 Å². The Morgan fingerprint density at radius 2 is 1.87 bits per heavy atom. The molecule has 3 N–H and O–H groups in total. The zero-order chi connectivity index (χ0) is 31.0. The van der Waals surface area contributed by atoms with Crippen LogP contribution in [-0.2, 0) is 6.73 Å². The Labute approximate surface area is 251 Å². The van der Waals surface area contributed by atoms with Gasteiger partial charge in [-0.2, -0.15) is 0 Å². The second kappa shape index (κ2) is 9.67. The summed E-state index contributed by atoms with van der Waals surface area (Å²) in [6, 6.07) is 18.8. The molecule has 45 heavy (non-hydrogen) atoms. The summed E-state index contributed by atoms with van der Waals surface area (Å²) in [7, 11) is 1.49. The number of pyridine rings is 1. The molecule has 10 nitrogen and oxygen atoms in total. The summed E-state index contributed by atoms with van der Waals surface area (Å²) in [5, 5.41) is 13.6. The number of imidazole rings is 1. The van der Waals surface area contributed by atoms with E-state index in [4.69, 9.17) is 14.1 Å². The van der Waals surface area contributed by atoms with Gasteiger partial charge < -0.3 is 24.1 Å². The number of rotatable bonds is 4. The molecule has 0 saturated carbocycles. The van der Waals surface area contributed by atoms with Crippen molar-refractivity contribution in [2.45, 2.75) is 6.73 Å². The highest BCUT2D eigenvalue weighted by Crippen LogP contribution is 2.42. The number of hydrogen-bond acceptors (Lipinski definition) is 6. The van der Waals surface area contributed by atoms with Crippen LogP contribution in [-0.4, -0.2) is 37.2 Å². The summed E-state index contributed by atoms with van der Waals surface area (Å²) in [5.74, 6) is -0.929. The molecule has 0 radical (unpaired) electrons. The average Bonchev–Trinajstić information content (AvgIpc) is 3.72. The number of aromatic nitrogens is 4. The summed E-state index contributed by atoms with van der Waals surface area (Å²) in [4.78, 5) is 33.4. The first kappa shape index (κ1) is 26.5. The van der Waals surface area contributed by atoms with Crippen molar-refractivity contribution in [3.63, 3.8) is 0 Å². The van der Waals surface area contributed by atoms with Crippen LogP contribution in [0.5, 0.6) is 11.6 Å². The van der Waals surface area contributed by atoms with Gasteiger partial charge in [0.1, 0.15) is 34.4 Å². The number of carbonyl (C=O) groups is 1. The minimum Gasteiger partial charge on any atom is -0.493 e. The number of aromatic amines is 1. The smallest absolute Gasteiger partial charge is 0.333 e. The summed E-state index contributed by atoms with van der Waals surface area (Å²) in [5.41, 5.74) is 3.17. The Morgan fingerprint density at radius 3 is 2.62 bits per heavy atom. The fourth-order valence-electron chi connectivity index (χ4n) is 5.87. The Hall–Kier alpha value is -6.17. The molecule has 3 aromatic carbocycles. The van der Waals surface area contributed by atoms with E-state index in [1.54, 1.807) is 42.5 Å². The van der Waals surface area contributed by atoms with Gasteiger partial charge in [-0.3, -0.25) is 14.3 Å². The topological polar surface area (TPSA) is 127 Å². The lowest BCUT2D eigenvalue weighted by Crippen LogP contribution is -2.18. The van der Waals surface area contributed by atoms with Gasteiger partial charge in [-0.15, -0.1) is 0 Å². The second-order valence-corrected chi connectivity index (χ2v) is 10.5. The molecule has 0 aliphatic carbocycles. The maximum Gasteiger partial charge on any atom is 0.333 e. The van der Waals surface area contributed by atoms with E-state index < -0.39 is 17.4 Å². The molecule has 8 rings (SSSR count). The highest BCUT2D eigenvalue weighted by Gasteiger charge is 2.27. The number of fused-ring (bicyclic) bond motifs is 6. The van der Waals surface area contributed by atoms with Crippen LogP contribution in [0.3, 0.4) is 0 Å². The maximum absolute atomic E-state index is 14.7. The van der Waals surface area contributed by atoms with Crippen LogP contribution in [0.1, 0.15) is 10.4 Å². The lowest BCUT2D eigenvalue weighted by molar-refractivity contribution is 0.0964. The zero-order valence-electron chi connectivity index (χ0n) is 23.4. The van der Waals surface area contributed by atoms with Crippen molar-refractivity contribution in [1.82, 2.24) is 24.4 Å². The van der Waals surface area contributed by atoms with Crippen LogP contribution in [0.25, 0.3) is 61.5 Å². The van der Waals surface area contributed by atoms with E-state index in [1.165, 1.54) is 48.1 Å². The fraction of sp³-hybridized carbons (Fsp3) is 0.0606. The van der Waals surface area contributed by atoms with E-state index in [9.17, 15) is 23.5 Å². The third-order valence-corrected chi connectivity index (χ3v) is 7.95. The predicted molar refractivity (Wildman–Crippen MR) is 161 cm³/mol. The third kappa shape index (κ3) is 4.03. The molecule has 4 aromatic heterocycles. The van der Waals surface area contributed by atoms with Gasteiger partial charge in [-0.1, -0.05) is 6.07 Å². The Balaban J connectivity index is 1.41. The Morgan fingerprint density at radius 1 is 1.04 bits per heavy atom. The quantitative estimate of drug-likeness (QED) is 0.227. The van der Waals surface area contributed by atoms with Crippen LogP contribution in [0.4, 0.5) is 8.78 Å². The number of aromatic hydroxyl groups is 1. The van der Waals surface area contributed by atoms with Gasteiger partial charge in [0.05, 0.1) is 34.4 Å². The largest absolute Gasteiger partial charge is 0.493 e. The summed E-state index contributed by atoms with van der Waals surface area (Å²) in [6.07, 6.45) is 1.22. The normalized spacial score (nSPS) is 12.2. The lowest BCUT2D eigenvalue weighted by atomic mass is 10.00. The first-order valence-electron chi connectivity index (χ1n) is 13.8. The number of nitrogens with one attached hydrogen (secondary N) is 2. The molecule has 222 valence electrons. The average molecular weight is 606 g/mol. The van der Waals surface area contributed by atoms with Crippen LogP contribution < -0.4 is 15.7 Å². The van der Waals surface area contributed by atoms with Crippen LogP contribution >= 0.6 is 0 Å². The molecule has 5 heterocycles. The molecule has 7 aromatic rings. The van der Waals surface area contributed by atoms with E-state index in [2.05, 4.69) is 10.3 Å². The van der Waals surface area contributed by atoms with Crippen molar-refractivity contribution in [2.75, 3.05) is 7.05 Å². The molecule has 1 amide bonds. The summed E-state index contributed by atoms with van der Waals surface area (Å²) < 4.78 is 43.6. The van der Waals surface area contributed by atoms with Crippen molar-refractivity contribution in [3.05, 3.63) is 107 Å². The molecule has 1 aliphatic rings. The molecular weight excluding hydrogens is 584 g/mol. The number of furan rings is 1. The zero-order valence-corrected chi connectivity index (χ0v) is 23.4. The number of carbonyl (C=O) groups excluding carboxylic acids is 1. The third-order valence-electron chi connectivity index (χ3n) is 7.95. The lowest BCUT2D eigenvalue weighted by Gasteiger charge is -2.21. The molecule has 12 heteroatoms.